The first-order valence-electron chi connectivity index (χ1n) is 4.96. The predicted molar refractivity (Wildman–Crippen MR) is 66.5 cm³/mol. The molecule has 0 saturated heterocycles. The molecule has 16 heavy (non-hydrogen) atoms. The molecule has 0 atom stereocenters. The Kier molecular flexibility index (Phi) is 1.97. The standard InChI is InChI=1S/C12H10N2OS/c1-7-5-6-10(16-7)12-14-11-8(13)3-2-4-9(11)15-12/h2-6H,13H2,1H3. The number of fused-ring (bicyclic) bond motifs is 1. The third kappa shape index (κ3) is 1.39. The van der Waals surface area contributed by atoms with Gasteiger partial charge < -0.3 is 10.2 Å². The number of nitrogen functional groups attached to an aromatic ring is 1. The number of anilines is 1. The number of thiophene rings is 1. The van der Waals surface area contributed by atoms with E-state index in [2.05, 4.69) is 18.0 Å². The third-order valence-corrected chi connectivity index (χ3v) is 3.39. The summed E-state index contributed by atoms with van der Waals surface area (Å²) in [7, 11) is 0. The molecule has 0 unspecified atom stereocenters. The SMILES string of the molecule is Cc1ccc(-c2nc3c(N)cccc3o2)s1. The van der Waals surface area contributed by atoms with Crippen molar-refractivity contribution in [1.82, 2.24) is 4.98 Å². The Bertz CT molecular complexity index is 654. The van der Waals surface area contributed by atoms with E-state index in [0.29, 0.717) is 11.6 Å². The molecule has 3 nitrogen and oxygen atoms in total. The van der Waals surface area contributed by atoms with Gasteiger partial charge in [0.15, 0.2) is 5.58 Å². The second kappa shape index (κ2) is 3.35. The highest BCUT2D eigenvalue weighted by molar-refractivity contribution is 7.15. The number of aromatic nitrogens is 1. The van der Waals surface area contributed by atoms with Crippen LogP contribution >= 0.6 is 11.3 Å². The first-order chi connectivity index (χ1) is 7.74. The largest absolute Gasteiger partial charge is 0.435 e. The summed E-state index contributed by atoms with van der Waals surface area (Å²) in [5.74, 6) is 0.644. The van der Waals surface area contributed by atoms with Crippen molar-refractivity contribution in [3.63, 3.8) is 0 Å². The summed E-state index contributed by atoms with van der Waals surface area (Å²) in [5.41, 5.74) is 7.96. The molecule has 4 heteroatoms. The van der Waals surface area contributed by atoms with E-state index in [1.807, 2.05) is 24.3 Å². The second-order valence-electron chi connectivity index (χ2n) is 3.62. The Morgan fingerprint density at radius 1 is 1.25 bits per heavy atom. The fourth-order valence-electron chi connectivity index (χ4n) is 1.62. The molecule has 0 aliphatic heterocycles. The van der Waals surface area contributed by atoms with Crippen LogP contribution in [0.2, 0.25) is 0 Å². The maximum atomic E-state index is 5.83. The number of aryl methyl sites for hydroxylation is 1. The van der Waals surface area contributed by atoms with E-state index in [-0.39, 0.29) is 0 Å². The fraction of sp³-hybridized carbons (Fsp3) is 0.0833. The molecule has 0 fully saturated rings. The van der Waals surface area contributed by atoms with Gasteiger partial charge in [0.25, 0.3) is 0 Å². The highest BCUT2D eigenvalue weighted by Crippen LogP contribution is 2.31. The summed E-state index contributed by atoms with van der Waals surface area (Å²) >= 11 is 1.66. The van der Waals surface area contributed by atoms with Gasteiger partial charge in [0.1, 0.15) is 5.52 Å². The van der Waals surface area contributed by atoms with Gasteiger partial charge in [0, 0.05) is 4.88 Å². The summed E-state index contributed by atoms with van der Waals surface area (Å²) in [4.78, 5) is 6.69. The van der Waals surface area contributed by atoms with Crippen molar-refractivity contribution in [1.29, 1.82) is 0 Å². The maximum absolute atomic E-state index is 5.83. The minimum Gasteiger partial charge on any atom is -0.435 e. The zero-order valence-electron chi connectivity index (χ0n) is 8.73. The first kappa shape index (κ1) is 9.42. The van der Waals surface area contributed by atoms with Crippen LogP contribution in [0.5, 0.6) is 0 Å². The van der Waals surface area contributed by atoms with Crippen molar-refractivity contribution < 1.29 is 4.42 Å². The quantitative estimate of drug-likeness (QED) is 0.651. The van der Waals surface area contributed by atoms with Crippen molar-refractivity contribution in [3.05, 3.63) is 35.2 Å². The summed E-state index contributed by atoms with van der Waals surface area (Å²) in [6.07, 6.45) is 0. The van der Waals surface area contributed by atoms with Gasteiger partial charge in [-0.2, -0.15) is 0 Å². The van der Waals surface area contributed by atoms with E-state index >= 15 is 0 Å². The number of para-hydroxylation sites is 1. The molecule has 3 aromatic rings. The zero-order chi connectivity index (χ0) is 11.1. The molecule has 0 amide bonds. The molecule has 3 rings (SSSR count). The molecule has 0 radical (unpaired) electrons. The Balaban J connectivity index is 2.22. The van der Waals surface area contributed by atoms with Crippen molar-refractivity contribution in [3.8, 4) is 10.8 Å². The van der Waals surface area contributed by atoms with Gasteiger partial charge in [-0.3, -0.25) is 0 Å². The highest BCUT2D eigenvalue weighted by Gasteiger charge is 2.11. The van der Waals surface area contributed by atoms with Crippen LogP contribution in [0.4, 0.5) is 5.69 Å². The van der Waals surface area contributed by atoms with Crippen molar-refractivity contribution >= 4 is 28.1 Å². The molecule has 0 spiro atoms. The molecule has 2 N–H and O–H groups in total. The number of hydrogen-bond acceptors (Lipinski definition) is 4. The van der Waals surface area contributed by atoms with Crippen LogP contribution in [0.1, 0.15) is 4.88 Å². The third-order valence-electron chi connectivity index (χ3n) is 2.40. The van der Waals surface area contributed by atoms with Crippen LogP contribution in [-0.2, 0) is 0 Å². The number of hydrogen-bond donors (Lipinski definition) is 1. The lowest BCUT2D eigenvalue weighted by Gasteiger charge is -1.89. The molecular formula is C12H10N2OS. The first-order valence-corrected chi connectivity index (χ1v) is 5.77. The highest BCUT2D eigenvalue weighted by atomic mass is 32.1. The summed E-state index contributed by atoms with van der Waals surface area (Å²) in [6.45, 7) is 2.06. The average molecular weight is 230 g/mol. The summed E-state index contributed by atoms with van der Waals surface area (Å²) in [5, 5.41) is 0. The molecule has 0 aliphatic carbocycles. The lowest BCUT2D eigenvalue weighted by atomic mass is 10.3. The van der Waals surface area contributed by atoms with Gasteiger partial charge in [0.2, 0.25) is 5.89 Å². The Hall–Kier alpha value is -1.81. The van der Waals surface area contributed by atoms with Crippen LogP contribution < -0.4 is 5.73 Å². The maximum Gasteiger partial charge on any atom is 0.237 e. The molecule has 80 valence electrons. The van der Waals surface area contributed by atoms with Gasteiger partial charge in [-0.15, -0.1) is 11.3 Å². The van der Waals surface area contributed by atoms with E-state index in [1.54, 1.807) is 11.3 Å². The van der Waals surface area contributed by atoms with Crippen LogP contribution in [0, 0.1) is 6.92 Å². The van der Waals surface area contributed by atoms with Crippen molar-refractivity contribution in [2.75, 3.05) is 5.73 Å². The van der Waals surface area contributed by atoms with E-state index < -0.39 is 0 Å². The predicted octanol–water partition coefficient (Wildman–Crippen LogP) is 3.45. The molecular weight excluding hydrogens is 220 g/mol. The van der Waals surface area contributed by atoms with Crippen LogP contribution in [-0.4, -0.2) is 4.98 Å². The van der Waals surface area contributed by atoms with Gasteiger partial charge in [0.05, 0.1) is 10.6 Å². The van der Waals surface area contributed by atoms with E-state index in [1.165, 1.54) is 4.88 Å². The summed E-state index contributed by atoms with van der Waals surface area (Å²) < 4.78 is 5.67. The number of nitrogens with two attached hydrogens (primary N) is 1. The number of oxazole rings is 1. The lowest BCUT2D eigenvalue weighted by Crippen LogP contribution is -1.84. The summed E-state index contributed by atoms with van der Waals surface area (Å²) in [6, 6.07) is 9.64. The second-order valence-corrected chi connectivity index (χ2v) is 4.91. The van der Waals surface area contributed by atoms with Gasteiger partial charge in [-0.1, -0.05) is 6.07 Å². The Morgan fingerprint density at radius 2 is 2.12 bits per heavy atom. The zero-order valence-corrected chi connectivity index (χ0v) is 9.54. The average Bonchev–Trinajstić information content (AvgIpc) is 2.84. The smallest absolute Gasteiger partial charge is 0.237 e. The van der Waals surface area contributed by atoms with Crippen molar-refractivity contribution in [2.45, 2.75) is 6.92 Å². The van der Waals surface area contributed by atoms with Crippen LogP contribution in [0.25, 0.3) is 21.9 Å². The normalized spacial score (nSPS) is 11.1. The minimum atomic E-state index is 0.644. The van der Waals surface area contributed by atoms with Crippen LogP contribution in [0.3, 0.4) is 0 Å². The van der Waals surface area contributed by atoms with Gasteiger partial charge in [-0.25, -0.2) is 4.98 Å². The molecule has 0 aliphatic rings. The van der Waals surface area contributed by atoms with E-state index in [9.17, 15) is 0 Å². The Labute approximate surface area is 96.5 Å². The lowest BCUT2D eigenvalue weighted by molar-refractivity contribution is 0.621. The van der Waals surface area contributed by atoms with Crippen molar-refractivity contribution in [2.24, 2.45) is 0 Å². The number of nitrogens with zero attached hydrogens (tertiary/aromatic N) is 1. The molecule has 2 heterocycles. The molecule has 2 aromatic heterocycles. The number of benzene rings is 1. The fourth-order valence-corrected chi connectivity index (χ4v) is 2.42. The molecule has 0 saturated carbocycles. The minimum absolute atomic E-state index is 0.644. The molecule has 1 aromatic carbocycles. The topological polar surface area (TPSA) is 52.0 Å². The van der Waals surface area contributed by atoms with E-state index in [4.69, 9.17) is 10.2 Å². The number of rotatable bonds is 1. The Morgan fingerprint density at radius 3 is 2.81 bits per heavy atom. The monoisotopic (exact) mass is 230 g/mol. The van der Waals surface area contributed by atoms with Gasteiger partial charge >= 0.3 is 0 Å². The van der Waals surface area contributed by atoms with Crippen LogP contribution in [0.15, 0.2) is 34.7 Å². The molecule has 0 bridgehead atoms. The van der Waals surface area contributed by atoms with E-state index in [0.717, 1.165) is 16.0 Å². The van der Waals surface area contributed by atoms with Gasteiger partial charge in [-0.05, 0) is 31.2 Å².